The summed E-state index contributed by atoms with van der Waals surface area (Å²) in [5, 5.41) is 34.5. The van der Waals surface area contributed by atoms with Crippen LogP contribution in [0.4, 0.5) is 22.7 Å². The Kier molecular flexibility index (Phi) is 5.17. The van der Waals surface area contributed by atoms with E-state index in [0.717, 1.165) is 24.6 Å². The molecular weight excluding hydrogens is 350 g/mol. The Morgan fingerprint density at radius 3 is 2.41 bits per heavy atom. The molecule has 1 aliphatic rings. The fourth-order valence-electron chi connectivity index (χ4n) is 3.24. The average molecular weight is 367 g/mol. The first-order valence-electron chi connectivity index (χ1n) is 8.43. The maximum absolute atomic E-state index is 11.2. The molecule has 1 heterocycles. The third kappa shape index (κ3) is 3.95. The summed E-state index contributed by atoms with van der Waals surface area (Å²) in [7, 11) is 0. The number of rotatable bonds is 5. The Labute approximate surface area is 155 Å². The van der Waals surface area contributed by atoms with Gasteiger partial charge in [0, 0.05) is 25.2 Å². The normalized spacial score (nSPS) is 14.4. The number of hydrogen-bond donors (Lipinski definition) is 1. The van der Waals surface area contributed by atoms with Gasteiger partial charge in [-0.15, -0.1) is 0 Å². The highest BCUT2D eigenvalue weighted by molar-refractivity contribution is 5.66. The molecule has 3 rings (SSSR count). The van der Waals surface area contributed by atoms with Crippen LogP contribution in [0.15, 0.2) is 42.5 Å². The Hall–Kier alpha value is -3.67. The first-order chi connectivity index (χ1) is 13.0. The highest BCUT2D eigenvalue weighted by atomic mass is 16.6. The molecular formula is C18H17N5O4. The van der Waals surface area contributed by atoms with Gasteiger partial charge in [-0.3, -0.25) is 20.2 Å². The highest BCUT2D eigenvalue weighted by Gasteiger charge is 2.25. The molecule has 0 spiro atoms. The Morgan fingerprint density at radius 2 is 1.78 bits per heavy atom. The van der Waals surface area contributed by atoms with Gasteiger partial charge >= 0.3 is 0 Å². The number of hydrogen-bond acceptors (Lipinski definition) is 7. The number of piperidine rings is 1. The molecule has 0 aromatic heterocycles. The number of nitriles is 1. The zero-order valence-corrected chi connectivity index (χ0v) is 14.4. The van der Waals surface area contributed by atoms with E-state index in [2.05, 4.69) is 16.3 Å². The molecule has 1 N–H and O–H groups in total. The average Bonchev–Trinajstić information content (AvgIpc) is 2.68. The van der Waals surface area contributed by atoms with E-state index < -0.39 is 9.85 Å². The van der Waals surface area contributed by atoms with Gasteiger partial charge < -0.3 is 10.2 Å². The van der Waals surface area contributed by atoms with Gasteiger partial charge in [0.2, 0.25) is 0 Å². The molecule has 2 aromatic rings. The molecule has 0 amide bonds. The van der Waals surface area contributed by atoms with E-state index in [4.69, 9.17) is 0 Å². The van der Waals surface area contributed by atoms with Gasteiger partial charge in [-0.1, -0.05) is 12.1 Å². The molecule has 0 bridgehead atoms. The summed E-state index contributed by atoms with van der Waals surface area (Å²) in [6, 6.07) is 13.2. The van der Waals surface area contributed by atoms with Gasteiger partial charge in [0.1, 0.15) is 11.8 Å². The van der Waals surface area contributed by atoms with Crippen molar-refractivity contribution in [3.8, 4) is 6.07 Å². The second kappa shape index (κ2) is 7.70. The maximum atomic E-state index is 11.2. The standard InChI is InChI=1S/C18H17N5O4/c19-12-13-3-1-2-4-17(13)21-9-7-14(8-10-21)20-16-6-5-15(22(24)25)11-18(16)23(26)27/h1-6,11,14,20H,7-10H2. The van der Waals surface area contributed by atoms with Crippen LogP contribution >= 0.6 is 0 Å². The monoisotopic (exact) mass is 367 g/mol. The Morgan fingerprint density at radius 1 is 1.07 bits per heavy atom. The van der Waals surface area contributed by atoms with E-state index >= 15 is 0 Å². The van der Waals surface area contributed by atoms with Crippen molar-refractivity contribution in [1.29, 1.82) is 5.26 Å². The molecule has 1 fully saturated rings. The van der Waals surface area contributed by atoms with E-state index in [1.54, 1.807) is 6.07 Å². The number of nitro groups is 2. The van der Waals surface area contributed by atoms with Crippen LogP contribution in [0.5, 0.6) is 0 Å². The quantitative estimate of drug-likeness (QED) is 0.633. The van der Waals surface area contributed by atoms with E-state index in [9.17, 15) is 25.5 Å². The van der Waals surface area contributed by atoms with E-state index in [0.29, 0.717) is 18.7 Å². The summed E-state index contributed by atoms with van der Waals surface area (Å²) in [6.07, 6.45) is 1.46. The third-order valence-electron chi connectivity index (χ3n) is 4.61. The molecule has 0 radical (unpaired) electrons. The summed E-state index contributed by atoms with van der Waals surface area (Å²) in [5.41, 5.74) is 1.17. The van der Waals surface area contributed by atoms with Crippen molar-refractivity contribution in [3.63, 3.8) is 0 Å². The number of benzene rings is 2. The largest absolute Gasteiger partial charge is 0.377 e. The van der Waals surface area contributed by atoms with E-state index in [-0.39, 0.29) is 23.1 Å². The van der Waals surface area contributed by atoms with Crippen LogP contribution in [0.25, 0.3) is 0 Å². The number of anilines is 2. The van der Waals surface area contributed by atoms with Crippen LogP contribution in [0.3, 0.4) is 0 Å². The summed E-state index contributed by atoms with van der Waals surface area (Å²) < 4.78 is 0. The fraction of sp³-hybridized carbons (Fsp3) is 0.278. The van der Waals surface area contributed by atoms with Crippen LogP contribution in [-0.4, -0.2) is 29.0 Å². The van der Waals surface area contributed by atoms with Crippen molar-refractivity contribution in [2.75, 3.05) is 23.3 Å². The van der Waals surface area contributed by atoms with Crippen molar-refractivity contribution >= 4 is 22.7 Å². The minimum Gasteiger partial charge on any atom is -0.377 e. The molecule has 9 nitrogen and oxygen atoms in total. The molecule has 27 heavy (non-hydrogen) atoms. The fourth-order valence-corrected chi connectivity index (χ4v) is 3.24. The third-order valence-corrected chi connectivity index (χ3v) is 4.61. The van der Waals surface area contributed by atoms with Crippen molar-refractivity contribution in [1.82, 2.24) is 0 Å². The predicted molar refractivity (Wildman–Crippen MR) is 99.8 cm³/mol. The lowest BCUT2D eigenvalue weighted by atomic mass is 10.0. The van der Waals surface area contributed by atoms with Gasteiger partial charge in [-0.25, -0.2) is 0 Å². The smallest absolute Gasteiger partial charge is 0.299 e. The van der Waals surface area contributed by atoms with Crippen molar-refractivity contribution in [2.45, 2.75) is 18.9 Å². The molecule has 9 heteroatoms. The summed E-state index contributed by atoms with van der Waals surface area (Å²) in [5.74, 6) is 0. The Balaban J connectivity index is 1.70. The van der Waals surface area contributed by atoms with Gasteiger partial charge in [0.05, 0.1) is 27.2 Å². The minimum absolute atomic E-state index is 0.00986. The molecule has 138 valence electrons. The zero-order valence-electron chi connectivity index (χ0n) is 14.4. The molecule has 1 saturated heterocycles. The maximum Gasteiger partial charge on any atom is 0.299 e. The number of non-ortho nitro benzene ring substituents is 1. The van der Waals surface area contributed by atoms with Crippen LogP contribution in [0.1, 0.15) is 18.4 Å². The van der Waals surface area contributed by atoms with Gasteiger partial charge in [0.25, 0.3) is 11.4 Å². The van der Waals surface area contributed by atoms with Gasteiger partial charge in [-0.2, -0.15) is 5.26 Å². The predicted octanol–water partition coefficient (Wildman–Crippen LogP) is 3.46. The van der Waals surface area contributed by atoms with Crippen LogP contribution in [0, 0.1) is 31.6 Å². The second-order valence-electron chi connectivity index (χ2n) is 6.25. The lowest BCUT2D eigenvalue weighted by molar-refractivity contribution is -0.393. The second-order valence-corrected chi connectivity index (χ2v) is 6.25. The first kappa shape index (κ1) is 18.1. The molecule has 0 unspecified atom stereocenters. The van der Waals surface area contributed by atoms with Crippen LogP contribution < -0.4 is 10.2 Å². The summed E-state index contributed by atoms with van der Waals surface area (Å²) in [4.78, 5) is 22.9. The van der Waals surface area contributed by atoms with Crippen molar-refractivity contribution < 1.29 is 9.85 Å². The number of para-hydroxylation sites is 1. The molecule has 0 atom stereocenters. The number of nitrogens with one attached hydrogen (secondary N) is 1. The van der Waals surface area contributed by atoms with Gasteiger partial charge in [-0.05, 0) is 31.0 Å². The lowest BCUT2D eigenvalue weighted by Gasteiger charge is -2.34. The van der Waals surface area contributed by atoms with E-state index in [1.165, 1.54) is 12.1 Å². The zero-order chi connectivity index (χ0) is 19.4. The number of nitro benzene ring substituents is 2. The molecule has 0 aliphatic carbocycles. The SMILES string of the molecule is N#Cc1ccccc1N1CCC(Nc2ccc([N+](=O)[O-])cc2[N+](=O)[O-])CC1. The Bertz CT molecular complexity index is 916. The van der Waals surface area contributed by atoms with Crippen molar-refractivity contribution in [2.24, 2.45) is 0 Å². The molecule has 0 saturated carbocycles. The topological polar surface area (TPSA) is 125 Å². The van der Waals surface area contributed by atoms with Gasteiger partial charge in [0.15, 0.2) is 0 Å². The number of nitrogens with zero attached hydrogens (tertiary/aromatic N) is 4. The van der Waals surface area contributed by atoms with Crippen molar-refractivity contribution in [3.05, 3.63) is 68.3 Å². The minimum atomic E-state index is -0.651. The summed E-state index contributed by atoms with van der Waals surface area (Å²) >= 11 is 0. The van der Waals surface area contributed by atoms with Crippen LogP contribution in [0.2, 0.25) is 0 Å². The molecule has 1 aliphatic heterocycles. The highest BCUT2D eigenvalue weighted by Crippen LogP contribution is 2.31. The summed E-state index contributed by atoms with van der Waals surface area (Å²) in [6.45, 7) is 1.41. The molecule has 2 aromatic carbocycles. The first-order valence-corrected chi connectivity index (χ1v) is 8.43. The van der Waals surface area contributed by atoms with Crippen LogP contribution in [-0.2, 0) is 0 Å². The lowest BCUT2D eigenvalue weighted by Crippen LogP contribution is -2.39. The van der Waals surface area contributed by atoms with E-state index in [1.807, 2.05) is 18.2 Å².